The molecule has 1 aliphatic rings. The summed E-state index contributed by atoms with van der Waals surface area (Å²) in [7, 11) is -3.17. The lowest BCUT2D eigenvalue weighted by Crippen LogP contribution is -2.40. The molecule has 0 N–H and O–H groups in total. The van der Waals surface area contributed by atoms with Crippen LogP contribution in [0.4, 0.5) is 0 Å². The van der Waals surface area contributed by atoms with Crippen LogP contribution in [0.25, 0.3) is 10.1 Å². The molecule has 1 aromatic heterocycles. The van der Waals surface area contributed by atoms with Crippen LogP contribution in [-0.4, -0.2) is 36.8 Å². The summed E-state index contributed by atoms with van der Waals surface area (Å²) in [5.41, 5.74) is 0.824. The fourth-order valence-electron chi connectivity index (χ4n) is 3.56. The van der Waals surface area contributed by atoms with Gasteiger partial charge in [0.2, 0.25) is 0 Å². The van der Waals surface area contributed by atoms with Crippen LogP contribution in [0.1, 0.15) is 21.7 Å². The molecule has 0 spiro atoms. The van der Waals surface area contributed by atoms with Crippen LogP contribution in [0.5, 0.6) is 0 Å². The molecule has 4 nitrogen and oxygen atoms in total. The number of carbonyl (C=O) groups excluding carboxylic acids is 1. The number of sulfone groups is 1. The fraction of sp³-hybridized carbons (Fsp3) is 0.250. The number of benzene rings is 2. The zero-order valence-electron chi connectivity index (χ0n) is 15.1. The lowest BCUT2D eigenvalue weighted by Gasteiger charge is -2.28. The standard InChI is InChI=1S/C20H16Cl3NO3S2/c21-13-4-1-3-12(9-13)10-24(14-7-8-29(26,27)11-14)20(25)19-18(23)17-15(22)5-2-6-16(17)28-19/h1-6,9,14H,7-8,10-11H2/t14-/m0/s1. The number of carbonyl (C=O) groups is 1. The number of hydrogen-bond donors (Lipinski definition) is 0. The predicted octanol–water partition coefficient (Wildman–Crippen LogP) is 5.69. The summed E-state index contributed by atoms with van der Waals surface area (Å²) in [6.07, 6.45) is 0.401. The van der Waals surface area contributed by atoms with Crippen molar-refractivity contribution >= 4 is 72.0 Å². The van der Waals surface area contributed by atoms with E-state index in [9.17, 15) is 13.2 Å². The molecule has 0 unspecified atom stereocenters. The van der Waals surface area contributed by atoms with Crippen molar-refractivity contribution < 1.29 is 13.2 Å². The Morgan fingerprint density at radius 1 is 1.14 bits per heavy atom. The van der Waals surface area contributed by atoms with Crippen molar-refractivity contribution in [3.8, 4) is 0 Å². The smallest absolute Gasteiger partial charge is 0.266 e. The van der Waals surface area contributed by atoms with Crippen LogP contribution in [0.15, 0.2) is 42.5 Å². The Morgan fingerprint density at radius 2 is 1.90 bits per heavy atom. The highest BCUT2D eigenvalue weighted by atomic mass is 35.5. The molecule has 4 rings (SSSR count). The molecule has 9 heteroatoms. The highest BCUT2D eigenvalue weighted by Gasteiger charge is 2.36. The van der Waals surface area contributed by atoms with Crippen molar-refractivity contribution in [1.29, 1.82) is 0 Å². The van der Waals surface area contributed by atoms with Gasteiger partial charge in [0.05, 0.1) is 21.6 Å². The molecule has 3 aromatic rings. The average molecular weight is 489 g/mol. The van der Waals surface area contributed by atoms with Crippen LogP contribution < -0.4 is 0 Å². The van der Waals surface area contributed by atoms with E-state index in [1.54, 1.807) is 35.2 Å². The van der Waals surface area contributed by atoms with Gasteiger partial charge in [-0.15, -0.1) is 11.3 Å². The van der Waals surface area contributed by atoms with Gasteiger partial charge in [-0.2, -0.15) is 0 Å². The topological polar surface area (TPSA) is 54.5 Å². The highest BCUT2D eigenvalue weighted by molar-refractivity contribution is 7.91. The zero-order chi connectivity index (χ0) is 20.8. The zero-order valence-corrected chi connectivity index (χ0v) is 19.0. The van der Waals surface area contributed by atoms with Gasteiger partial charge in [-0.05, 0) is 36.2 Å². The Bertz CT molecular complexity index is 1210. The number of hydrogen-bond acceptors (Lipinski definition) is 4. The average Bonchev–Trinajstić information content (AvgIpc) is 3.19. The molecule has 0 bridgehead atoms. The Hall–Kier alpha value is -1.31. The Balaban J connectivity index is 1.75. The molecule has 0 radical (unpaired) electrons. The molecule has 1 saturated heterocycles. The van der Waals surface area contributed by atoms with Gasteiger partial charge >= 0.3 is 0 Å². The van der Waals surface area contributed by atoms with Gasteiger partial charge in [-0.1, -0.05) is 53.0 Å². The molecule has 1 aliphatic heterocycles. The largest absolute Gasteiger partial charge is 0.330 e. The number of rotatable bonds is 4. The summed E-state index contributed by atoms with van der Waals surface area (Å²) in [6.45, 7) is 0.248. The second-order valence-electron chi connectivity index (χ2n) is 6.98. The van der Waals surface area contributed by atoms with E-state index >= 15 is 0 Å². The van der Waals surface area contributed by atoms with Gasteiger partial charge in [-0.3, -0.25) is 4.79 Å². The summed E-state index contributed by atoms with van der Waals surface area (Å²) in [4.78, 5) is 15.5. The number of nitrogens with zero attached hydrogens (tertiary/aromatic N) is 1. The predicted molar refractivity (Wildman–Crippen MR) is 120 cm³/mol. The SMILES string of the molecule is O=C(c1sc2cccc(Cl)c2c1Cl)N(Cc1cccc(Cl)c1)[C@H]1CCS(=O)(=O)C1. The number of amides is 1. The summed E-state index contributed by atoms with van der Waals surface area (Å²) >= 11 is 20.2. The Labute approximate surface area is 187 Å². The quantitative estimate of drug-likeness (QED) is 0.474. The maximum Gasteiger partial charge on any atom is 0.266 e. The van der Waals surface area contributed by atoms with E-state index in [1.165, 1.54) is 11.3 Å². The van der Waals surface area contributed by atoms with E-state index in [0.29, 0.717) is 31.8 Å². The monoisotopic (exact) mass is 487 g/mol. The summed E-state index contributed by atoms with van der Waals surface area (Å²) in [6, 6.07) is 12.2. The number of halogens is 3. The van der Waals surface area contributed by atoms with E-state index < -0.39 is 15.9 Å². The molecule has 1 atom stereocenters. The number of thiophene rings is 1. The summed E-state index contributed by atoms with van der Waals surface area (Å²) in [5, 5.41) is 1.98. The van der Waals surface area contributed by atoms with E-state index in [-0.39, 0.29) is 24.0 Å². The molecule has 152 valence electrons. The summed E-state index contributed by atoms with van der Waals surface area (Å²) < 4.78 is 24.9. The first kappa shape index (κ1) is 20.9. The molecule has 2 aromatic carbocycles. The molecule has 29 heavy (non-hydrogen) atoms. The van der Waals surface area contributed by atoms with E-state index in [1.807, 2.05) is 12.1 Å². The molecule has 2 heterocycles. The molecule has 1 amide bonds. The summed E-state index contributed by atoms with van der Waals surface area (Å²) in [5.74, 6) is -0.278. The van der Waals surface area contributed by atoms with Crippen molar-refractivity contribution in [2.75, 3.05) is 11.5 Å². The minimum Gasteiger partial charge on any atom is -0.330 e. The van der Waals surface area contributed by atoms with Gasteiger partial charge in [0.25, 0.3) is 5.91 Å². The van der Waals surface area contributed by atoms with Crippen LogP contribution in [0.3, 0.4) is 0 Å². The van der Waals surface area contributed by atoms with Crippen molar-refractivity contribution in [2.24, 2.45) is 0 Å². The van der Waals surface area contributed by atoms with Gasteiger partial charge in [0.15, 0.2) is 9.84 Å². The van der Waals surface area contributed by atoms with Crippen LogP contribution in [-0.2, 0) is 16.4 Å². The third-order valence-electron chi connectivity index (χ3n) is 4.95. The first-order valence-corrected chi connectivity index (χ1v) is 12.6. The van der Waals surface area contributed by atoms with Crippen LogP contribution in [0, 0.1) is 0 Å². The van der Waals surface area contributed by atoms with Gasteiger partial charge in [0.1, 0.15) is 4.88 Å². The molecule has 0 aliphatic carbocycles. The maximum absolute atomic E-state index is 13.5. The Morgan fingerprint density at radius 3 is 2.55 bits per heavy atom. The van der Waals surface area contributed by atoms with E-state index in [4.69, 9.17) is 34.8 Å². The first-order chi connectivity index (χ1) is 13.7. The Kier molecular flexibility index (Phi) is 5.84. The van der Waals surface area contributed by atoms with Crippen molar-refractivity contribution in [3.05, 3.63) is 68.0 Å². The second kappa shape index (κ2) is 8.08. The first-order valence-electron chi connectivity index (χ1n) is 8.87. The molecular formula is C20H16Cl3NO3S2. The third-order valence-corrected chi connectivity index (χ3v) is 8.89. The van der Waals surface area contributed by atoms with Crippen molar-refractivity contribution in [1.82, 2.24) is 4.90 Å². The number of fused-ring (bicyclic) bond motifs is 1. The van der Waals surface area contributed by atoms with E-state index in [0.717, 1.165) is 10.3 Å². The minimum atomic E-state index is -3.17. The molecule has 1 fully saturated rings. The third kappa shape index (κ3) is 4.28. The van der Waals surface area contributed by atoms with Crippen LogP contribution >= 0.6 is 46.1 Å². The van der Waals surface area contributed by atoms with Crippen molar-refractivity contribution in [3.63, 3.8) is 0 Å². The maximum atomic E-state index is 13.5. The minimum absolute atomic E-state index is 0.0530. The van der Waals surface area contributed by atoms with E-state index in [2.05, 4.69) is 0 Å². The fourth-order valence-corrected chi connectivity index (χ4v) is 7.41. The van der Waals surface area contributed by atoms with Gasteiger partial charge < -0.3 is 4.90 Å². The lowest BCUT2D eigenvalue weighted by molar-refractivity contribution is 0.0686. The molecular weight excluding hydrogens is 473 g/mol. The second-order valence-corrected chi connectivity index (χ2v) is 11.5. The van der Waals surface area contributed by atoms with Gasteiger partial charge in [0, 0.05) is 27.7 Å². The highest BCUT2D eigenvalue weighted by Crippen LogP contribution is 2.40. The van der Waals surface area contributed by atoms with Crippen molar-refractivity contribution in [2.45, 2.75) is 19.0 Å². The lowest BCUT2D eigenvalue weighted by atomic mass is 10.1. The van der Waals surface area contributed by atoms with Gasteiger partial charge in [-0.25, -0.2) is 8.42 Å². The molecule has 0 saturated carbocycles. The normalized spacial score (nSPS) is 18.2. The van der Waals surface area contributed by atoms with Crippen LogP contribution in [0.2, 0.25) is 15.1 Å².